The Morgan fingerprint density at radius 3 is 2.76 bits per heavy atom. The summed E-state index contributed by atoms with van der Waals surface area (Å²) in [6, 6.07) is 5.73. The van der Waals surface area contributed by atoms with Crippen molar-refractivity contribution < 1.29 is 9.53 Å². The van der Waals surface area contributed by atoms with E-state index in [1.54, 1.807) is 0 Å². The van der Waals surface area contributed by atoms with E-state index in [1.807, 2.05) is 37.2 Å². The molecule has 0 aliphatic rings. The fraction of sp³-hybridized carbons (Fsp3) is 0.562. The number of amides is 1. The lowest BCUT2D eigenvalue weighted by molar-refractivity contribution is -0.121. The summed E-state index contributed by atoms with van der Waals surface area (Å²) in [5.74, 6) is 0.790. The third-order valence-electron chi connectivity index (χ3n) is 3.06. The summed E-state index contributed by atoms with van der Waals surface area (Å²) in [7, 11) is 3.97. The first-order valence-electron chi connectivity index (χ1n) is 7.45. The molecule has 5 heteroatoms. The average molecular weight is 293 g/mol. The number of carbonyl (C=O) groups excluding carboxylic acids is 1. The van der Waals surface area contributed by atoms with Gasteiger partial charge in [0.15, 0.2) is 0 Å². The smallest absolute Gasteiger partial charge is 0.220 e. The molecule has 0 radical (unpaired) electrons. The third-order valence-corrected chi connectivity index (χ3v) is 3.06. The van der Waals surface area contributed by atoms with Gasteiger partial charge in [-0.1, -0.05) is 13.0 Å². The summed E-state index contributed by atoms with van der Waals surface area (Å²) in [6.07, 6.45) is 2.11. The Bertz CT molecular complexity index is 447. The van der Waals surface area contributed by atoms with Crippen LogP contribution in [0.2, 0.25) is 0 Å². The SMILES string of the molecule is CCCOc1ccc(CCC(=O)NCCN(C)C)cc1N. The maximum atomic E-state index is 11.7. The van der Waals surface area contributed by atoms with Gasteiger partial charge in [-0.3, -0.25) is 4.79 Å². The Hall–Kier alpha value is -1.75. The maximum Gasteiger partial charge on any atom is 0.220 e. The van der Waals surface area contributed by atoms with E-state index in [2.05, 4.69) is 12.2 Å². The highest BCUT2D eigenvalue weighted by atomic mass is 16.5. The molecular weight excluding hydrogens is 266 g/mol. The predicted octanol–water partition coefficient (Wildman–Crippen LogP) is 1.67. The lowest BCUT2D eigenvalue weighted by Crippen LogP contribution is -2.31. The van der Waals surface area contributed by atoms with E-state index in [4.69, 9.17) is 10.5 Å². The second-order valence-corrected chi connectivity index (χ2v) is 5.37. The van der Waals surface area contributed by atoms with Gasteiger partial charge in [-0.15, -0.1) is 0 Å². The minimum Gasteiger partial charge on any atom is -0.491 e. The molecule has 0 unspecified atom stereocenters. The number of benzene rings is 1. The van der Waals surface area contributed by atoms with Crippen molar-refractivity contribution in [3.63, 3.8) is 0 Å². The second-order valence-electron chi connectivity index (χ2n) is 5.37. The monoisotopic (exact) mass is 293 g/mol. The largest absolute Gasteiger partial charge is 0.491 e. The van der Waals surface area contributed by atoms with Crippen LogP contribution in [-0.4, -0.2) is 44.6 Å². The molecule has 0 bridgehead atoms. The molecule has 0 aromatic heterocycles. The van der Waals surface area contributed by atoms with Crippen molar-refractivity contribution in [2.75, 3.05) is 39.5 Å². The molecule has 0 spiro atoms. The fourth-order valence-corrected chi connectivity index (χ4v) is 1.86. The van der Waals surface area contributed by atoms with Crippen LogP contribution in [0.1, 0.15) is 25.3 Å². The first kappa shape index (κ1) is 17.3. The minimum absolute atomic E-state index is 0.0710. The highest BCUT2D eigenvalue weighted by Gasteiger charge is 2.05. The van der Waals surface area contributed by atoms with Crippen molar-refractivity contribution in [3.05, 3.63) is 23.8 Å². The van der Waals surface area contributed by atoms with Crippen LogP contribution >= 0.6 is 0 Å². The molecule has 0 heterocycles. The highest BCUT2D eigenvalue weighted by Crippen LogP contribution is 2.23. The number of likely N-dealkylation sites (N-methyl/N-ethyl adjacent to an activating group) is 1. The van der Waals surface area contributed by atoms with E-state index in [0.717, 1.165) is 24.3 Å². The molecule has 5 nitrogen and oxygen atoms in total. The lowest BCUT2D eigenvalue weighted by atomic mass is 10.1. The summed E-state index contributed by atoms with van der Waals surface area (Å²) in [5, 5.41) is 2.90. The molecule has 0 aliphatic carbocycles. The molecule has 118 valence electrons. The first-order chi connectivity index (χ1) is 10.0. The van der Waals surface area contributed by atoms with Crippen LogP contribution in [0, 0.1) is 0 Å². The van der Waals surface area contributed by atoms with E-state index in [-0.39, 0.29) is 5.91 Å². The van der Waals surface area contributed by atoms with Gasteiger partial charge in [-0.05, 0) is 44.6 Å². The van der Waals surface area contributed by atoms with E-state index in [0.29, 0.717) is 31.7 Å². The zero-order valence-electron chi connectivity index (χ0n) is 13.3. The topological polar surface area (TPSA) is 67.6 Å². The number of nitrogens with two attached hydrogens (primary N) is 1. The summed E-state index contributed by atoms with van der Waals surface area (Å²) in [4.78, 5) is 13.7. The Morgan fingerprint density at radius 1 is 1.38 bits per heavy atom. The van der Waals surface area contributed by atoms with Gasteiger partial charge in [0.05, 0.1) is 12.3 Å². The number of nitrogens with zero attached hydrogens (tertiary/aromatic N) is 1. The van der Waals surface area contributed by atoms with Crippen LogP contribution in [0.15, 0.2) is 18.2 Å². The van der Waals surface area contributed by atoms with Crippen molar-refractivity contribution in [2.24, 2.45) is 0 Å². The van der Waals surface area contributed by atoms with Crippen molar-refractivity contribution in [1.29, 1.82) is 0 Å². The van der Waals surface area contributed by atoms with Crippen LogP contribution in [-0.2, 0) is 11.2 Å². The van der Waals surface area contributed by atoms with Crippen molar-refractivity contribution in [1.82, 2.24) is 10.2 Å². The van der Waals surface area contributed by atoms with Gasteiger partial charge in [0.2, 0.25) is 5.91 Å². The zero-order chi connectivity index (χ0) is 15.7. The molecule has 0 fully saturated rings. The molecule has 0 saturated heterocycles. The number of rotatable bonds is 9. The highest BCUT2D eigenvalue weighted by molar-refractivity contribution is 5.76. The lowest BCUT2D eigenvalue weighted by Gasteiger charge is -2.11. The predicted molar refractivity (Wildman–Crippen MR) is 86.5 cm³/mol. The number of nitrogen functional groups attached to an aromatic ring is 1. The molecule has 1 aromatic carbocycles. The summed E-state index contributed by atoms with van der Waals surface area (Å²) in [5.41, 5.74) is 7.64. The molecule has 0 saturated carbocycles. The van der Waals surface area contributed by atoms with Gasteiger partial charge in [0.1, 0.15) is 5.75 Å². The third kappa shape index (κ3) is 6.99. The molecular formula is C16H27N3O2. The molecule has 1 rings (SSSR count). The van der Waals surface area contributed by atoms with Gasteiger partial charge in [-0.25, -0.2) is 0 Å². The zero-order valence-corrected chi connectivity index (χ0v) is 13.3. The quantitative estimate of drug-likeness (QED) is 0.680. The summed E-state index contributed by atoms with van der Waals surface area (Å²) >= 11 is 0. The van der Waals surface area contributed by atoms with Gasteiger partial charge in [0.25, 0.3) is 0 Å². The van der Waals surface area contributed by atoms with Crippen LogP contribution in [0.5, 0.6) is 5.75 Å². The van der Waals surface area contributed by atoms with E-state index >= 15 is 0 Å². The maximum absolute atomic E-state index is 11.7. The minimum atomic E-state index is 0.0710. The van der Waals surface area contributed by atoms with Gasteiger partial charge < -0.3 is 20.7 Å². The molecule has 0 aliphatic heterocycles. The van der Waals surface area contributed by atoms with Crippen LogP contribution in [0.3, 0.4) is 0 Å². The Balaban J connectivity index is 2.38. The van der Waals surface area contributed by atoms with Crippen molar-refractivity contribution >= 4 is 11.6 Å². The number of nitrogens with one attached hydrogen (secondary N) is 1. The normalized spacial score (nSPS) is 10.7. The summed E-state index contributed by atoms with van der Waals surface area (Å²) < 4.78 is 5.53. The Morgan fingerprint density at radius 2 is 2.14 bits per heavy atom. The fourth-order valence-electron chi connectivity index (χ4n) is 1.86. The van der Waals surface area contributed by atoms with Crippen LogP contribution in [0.4, 0.5) is 5.69 Å². The molecule has 21 heavy (non-hydrogen) atoms. The van der Waals surface area contributed by atoms with E-state index < -0.39 is 0 Å². The standard InChI is InChI=1S/C16H27N3O2/c1-4-11-21-15-7-5-13(12-14(15)17)6-8-16(20)18-9-10-19(2)3/h5,7,12H,4,6,8-11,17H2,1-3H3,(H,18,20). The van der Waals surface area contributed by atoms with E-state index in [9.17, 15) is 4.79 Å². The van der Waals surface area contributed by atoms with Crippen LogP contribution < -0.4 is 15.8 Å². The number of aryl methyl sites for hydroxylation is 1. The number of hydrogen-bond donors (Lipinski definition) is 2. The first-order valence-corrected chi connectivity index (χ1v) is 7.45. The second kappa shape index (κ2) is 9.23. The molecule has 0 atom stereocenters. The summed E-state index contributed by atoms with van der Waals surface area (Å²) in [6.45, 7) is 4.25. The van der Waals surface area contributed by atoms with Crippen molar-refractivity contribution in [2.45, 2.75) is 26.2 Å². The molecule has 3 N–H and O–H groups in total. The molecule has 1 aromatic rings. The number of anilines is 1. The number of carbonyl (C=O) groups is 1. The van der Waals surface area contributed by atoms with Crippen molar-refractivity contribution in [3.8, 4) is 5.75 Å². The number of ether oxygens (including phenoxy) is 1. The van der Waals surface area contributed by atoms with Gasteiger partial charge in [0, 0.05) is 19.5 Å². The Labute approximate surface area is 127 Å². The average Bonchev–Trinajstić information content (AvgIpc) is 2.43. The van der Waals surface area contributed by atoms with Gasteiger partial charge in [-0.2, -0.15) is 0 Å². The van der Waals surface area contributed by atoms with Gasteiger partial charge >= 0.3 is 0 Å². The van der Waals surface area contributed by atoms with Crippen LogP contribution in [0.25, 0.3) is 0 Å². The number of hydrogen-bond acceptors (Lipinski definition) is 4. The molecule has 1 amide bonds. The van der Waals surface area contributed by atoms with E-state index in [1.165, 1.54) is 0 Å². The Kier molecular flexibility index (Phi) is 7.61.